The van der Waals surface area contributed by atoms with E-state index in [1.807, 2.05) is 0 Å². The summed E-state index contributed by atoms with van der Waals surface area (Å²) in [6.45, 7) is 0.710. The van der Waals surface area contributed by atoms with Crippen molar-refractivity contribution in [2.75, 3.05) is 13.1 Å². The highest BCUT2D eigenvalue weighted by atomic mass is 35.5. The van der Waals surface area contributed by atoms with Crippen LogP contribution in [-0.2, 0) is 9.59 Å². The molecule has 5 nitrogen and oxygen atoms in total. The van der Waals surface area contributed by atoms with Gasteiger partial charge in [0.25, 0.3) is 0 Å². The molecule has 0 heterocycles. The minimum Gasteiger partial charge on any atom is -0.368 e. The maximum absolute atomic E-state index is 12.5. The van der Waals surface area contributed by atoms with Gasteiger partial charge in [-0.1, -0.05) is 38.5 Å². The van der Waals surface area contributed by atoms with E-state index in [1.54, 1.807) is 4.90 Å². The fourth-order valence-corrected chi connectivity index (χ4v) is 3.97. The highest BCUT2D eigenvalue weighted by Gasteiger charge is 2.28. The Hall–Kier alpha value is -0.810. The lowest BCUT2D eigenvalue weighted by Crippen LogP contribution is -2.41. The van der Waals surface area contributed by atoms with Crippen LogP contribution in [0.1, 0.15) is 64.2 Å². The summed E-state index contributed by atoms with van der Waals surface area (Å²) in [5.74, 6) is 0.605. The molecule has 2 rings (SSSR count). The molecule has 0 aromatic carbocycles. The van der Waals surface area contributed by atoms with Gasteiger partial charge >= 0.3 is 0 Å². The minimum atomic E-state index is -0.423. The van der Waals surface area contributed by atoms with Crippen LogP contribution >= 0.6 is 12.4 Å². The summed E-state index contributed by atoms with van der Waals surface area (Å²) in [4.78, 5) is 25.5. The van der Waals surface area contributed by atoms with Gasteiger partial charge in [-0.25, -0.2) is 0 Å². The second kappa shape index (κ2) is 10.1. The molecule has 2 atom stereocenters. The van der Waals surface area contributed by atoms with Gasteiger partial charge in [-0.2, -0.15) is 0 Å². The number of amides is 2. The van der Waals surface area contributed by atoms with Crippen molar-refractivity contribution in [3.8, 4) is 0 Å². The third-order valence-electron chi connectivity index (χ3n) is 5.39. The van der Waals surface area contributed by atoms with Crippen LogP contribution in [0.15, 0.2) is 0 Å². The van der Waals surface area contributed by atoms with E-state index in [1.165, 1.54) is 32.1 Å². The van der Waals surface area contributed by atoms with Gasteiger partial charge in [0.15, 0.2) is 0 Å². The van der Waals surface area contributed by atoms with Crippen molar-refractivity contribution in [2.45, 2.75) is 70.3 Å². The van der Waals surface area contributed by atoms with E-state index in [0.717, 1.165) is 25.7 Å². The normalized spacial score (nSPS) is 24.9. The summed E-state index contributed by atoms with van der Waals surface area (Å²) in [7, 11) is 0. The first kappa shape index (κ1) is 20.2. The van der Waals surface area contributed by atoms with Crippen LogP contribution in [0.5, 0.6) is 0 Å². The molecule has 0 aromatic heterocycles. The lowest BCUT2D eigenvalue weighted by molar-refractivity contribution is -0.136. The highest BCUT2D eigenvalue weighted by Crippen LogP contribution is 2.28. The summed E-state index contributed by atoms with van der Waals surface area (Å²) < 4.78 is 0. The van der Waals surface area contributed by atoms with E-state index in [2.05, 4.69) is 0 Å². The highest BCUT2D eigenvalue weighted by molar-refractivity contribution is 5.85. The maximum atomic E-state index is 12.5. The zero-order valence-electron chi connectivity index (χ0n) is 14.0. The molecule has 2 amide bonds. The quantitative estimate of drug-likeness (QED) is 0.741. The molecule has 0 spiro atoms. The Morgan fingerprint density at radius 1 is 1.00 bits per heavy atom. The van der Waals surface area contributed by atoms with Crippen LogP contribution in [0.25, 0.3) is 0 Å². The summed E-state index contributed by atoms with van der Waals surface area (Å²) in [6, 6.07) is 0.137. The van der Waals surface area contributed by atoms with Crippen molar-refractivity contribution < 1.29 is 9.59 Å². The van der Waals surface area contributed by atoms with Crippen molar-refractivity contribution in [3.63, 3.8) is 0 Å². The third kappa shape index (κ3) is 6.68. The van der Waals surface area contributed by atoms with Gasteiger partial charge in [0.05, 0.1) is 6.54 Å². The first-order valence-electron chi connectivity index (χ1n) is 8.88. The molecule has 2 aliphatic rings. The predicted molar refractivity (Wildman–Crippen MR) is 94.1 cm³/mol. The van der Waals surface area contributed by atoms with Crippen LogP contribution in [0.2, 0.25) is 0 Å². The zero-order chi connectivity index (χ0) is 15.9. The summed E-state index contributed by atoms with van der Waals surface area (Å²) in [5.41, 5.74) is 11.4. The second-order valence-corrected chi connectivity index (χ2v) is 7.13. The number of nitrogens with zero attached hydrogens (tertiary/aromatic N) is 1. The standard InChI is InChI=1S/C17H31N3O2.ClH/c18-15-8-4-7-14(15)11-17(22)20(12-16(19)21)10-9-13-5-2-1-3-6-13;/h13-15H,1-12,18H2,(H2,19,21);1H/t14-,15+;/m0./s1. The summed E-state index contributed by atoms with van der Waals surface area (Å²) >= 11 is 0. The monoisotopic (exact) mass is 345 g/mol. The van der Waals surface area contributed by atoms with Crippen LogP contribution < -0.4 is 11.5 Å². The van der Waals surface area contributed by atoms with Gasteiger partial charge in [0, 0.05) is 19.0 Å². The minimum absolute atomic E-state index is 0. The van der Waals surface area contributed by atoms with Crippen LogP contribution in [0.4, 0.5) is 0 Å². The number of rotatable bonds is 7. The summed E-state index contributed by atoms with van der Waals surface area (Å²) in [5, 5.41) is 0. The molecule has 2 saturated carbocycles. The average Bonchev–Trinajstić information content (AvgIpc) is 2.89. The van der Waals surface area contributed by atoms with Crippen molar-refractivity contribution in [3.05, 3.63) is 0 Å². The van der Waals surface area contributed by atoms with E-state index in [0.29, 0.717) is 18.9 Å². The molecule has 0 bridgehead atoms. The van der Waals surface area contributed by atoms with E-state index in [4.69, 9.17) is 11.5 Å². The van der Waals surface area contributed by atoms with Gasteiger partial charge in [-0.05, 0) is 31.1 Å². The Labute approximate surface area is 145 Å². The average molecular weight is 346 g/mol. The van der Waals surface area contributed by atoms with Gasteiger partial charge in [0.1, 0.15) is 0 Å². The smallest absolute Gasteiger partial charge is 0.237 e. The first-order valence-corrected chi connectivity index (χ1v) is 8.88. The first-order chi connectivity index (χ1) is 10.6. The molecule has 0 radical (unpaired) electrons. The molecule has 0 unspecified atom stereocenters. The van der Waals surface area contributed by atoms with Crippen LogP contribution in [0, 0.1) is 11.8 Å². The molecule has 23 heavy (non-hydrogen) atoms. The molecular formula is C17H32ClN3O2. The number of nitrogens with two attached hydrogens (primary N) is 2. The lowest BCUT2D eigenvalue weighted by Gasteiger charge is -2.27. The van der Waals surface area contributed by atoms with Gasteiger partial charge < -0.3 is 16.4 Å². The molecule has 2 aliphatic carbocycles. The Morgan fingerprint density at radius 2 is 1.70 bits per heavy atom. The van der Waals surface area contributed by atoms with E-state index in [9.17, 15) is 9.59 Å². The second-order valence-electron chi connectivity index (χ2n) is 7.13. The Bertz CT molecular complexity index is 386. The van der Waals surface area contributed by atoms with Crippen LogP contribution in [-0.4, -0.2) is 35.8 Å². The molecule has 0 saturated heterocycles. The third-order valence-corrected chi connectivity index (χ3v) is 5.39. The summed E-state index contributed by atoms with van der Waals surface area (Å²) in [6.07, 6.45) is 11.1. The van der Waals surface area contributed by atoms with E-state index in [-0.39, 0.29) is 36.8 Å². The Kier molecular flexibility index (Phi) is 8.92. The largest absolute Gasteiger partial charge is 0.368 e. The number of carbonyl (C=O) groups is 2. The molecule has 6 heteroatoms. The Balaban J connectivity index is 0.00000264. The van der Waals surface area contributed by atoms with Crippen LogP contribution in [0.3, 0.4) is 0 Å². The fraction of sp³-hybridized carbons (Fsp3) is 0.882. The number of halogens is 1. The molecule has 4 N–H and O–H groups in total. The lowest BCUT2D eigenvalue weighted by atomic mass is 9.87. The molecular weight excluding hydrogens is 314 g/mol. The van der Waals surface area contributed by atoms with Crippen molar-refractivity contribution in [2.24, 2.45) is 23.3 Å². The van der Waals surface area contributed by atoms with Crippen molar-refractivity contribution in [1.29, 1.82) is 0 Å². The van der Waals surface area contributed by atoms with Gasteiger partial charge in [-0.3, -0.25) is 9.59 Å². The number of hydrogen-bond acceptors (Lipinski definition) is 3. The number of hydrogen-bond donors (Lipinski definition) is 2. The molecule has 0 aliphatic heterocycles. The predicted octanol–water partition coefficient (Wildman–Crippen LogP) is 2.21. The molecule has 0 aromatic rings. The topological polar surface area (TPSA) is 89.4 Å². The van der Waals surface area contributed by atoms with E-state index >= 15 is 0 Å². The molecule has 2 fully saturated rings. The van der Waals surface area contributed by atoms with Gasteiger partial charge in [-0.15, -0.1) is 12.4 Å². The SMILES string of the molecule is Cl.NC(=O)CN(CCC1CCCCC1)C(=O)C[C@@H]1CCC[C@H]1N. The number of carbonyl (C=O) groups excluding carboxylic acids is 2. The number of primary amides is 1. The van der Waals surface area contributed by atoms with Gasteiger partial charge in [0.2, 0.25) is 11.8 Å². The molecule has 134 valence electrons. The maximum Gasteiger partial charge on any atom is 0.237 e. The van der Waals surface area contributed by atoms with E-state index < -0.39 is 5.91 Å². The van der Waals surface area contributed by atoms with Crippen molar-refractivity contribution in [1.82, 2.24) is 4.90 Å². The zero-order valence-corrected chi connectivity index (χ0v) is 14.9. The Morgan fingerprint density at radius 3 is 2.26 bits per heavy atom. The van der Waals surface area contributed by atoms with Crippen molar-refractivity contribution >= 4 is 24.2 Å². The fourth-order valence-electron chi connectivity index (χ4n) is 3.97.